The van der Waals surface area contributed by atoms with Crippen molar-refractivity contribution in [2.24, 2.45) is 5.73 Å². The zero-order valence-electron chi connectivity index (χ0n) is 9.10. The number of halogens is 1. The van der Waals surface area contributed by atoms with Gasteiger partial charge in [0.25, 0.3) is 0 Å². The molecule has 5 nitrogen and oxygen atoms in total. The van der Waals surface area contributed by atoms with Crippen LogP contribution in [0.5, 0.6) is 0 Å². The second-order valence-electron chi connectivity index (χ2n) is 3.34. The van der Waals surface area contributed by atoms with Crippen molar-refractivity contribution in [3.05, 3.63) is 36.4 Å². The molecule has 0 bridgehead atoms. The summed E-state index contributed by atoms with van der Waals surface area (Å²) < 4.78 is 12.7. The molecule has 0 aliphatic heterocycles. The summed E-state index contributed by atoms with van der Waals surface area (Å²) in [7, 11) is 0. The van der Waals surface area contributed by atoms with Gasteiger partial charge in [-0.25, -0.2) is 14.4 Å². The Bertz CT molecular complexity index is 485. The van der Waals surface area contributed by atoms with Crippen molar-refractivity contribution in [1.29, 1.82) is 0 Å². The maximum atomic E-state index is 12.7. The largest absolute Gasteiger partial charge is 0.353 e. The topological polar surface area (TPSA) is 76.7 Å². The summed E-state index contributed by atoms with van der Waals surface area (Å²) in [5.74, 6) is 0.114. The van der Waals surface area contributed by atoms with Crippen LogP contribution in [-0.4, -0.2) is 28.0 Å². The fourth-order valence-electron chi connectivity index (χ4n) is 1.30. The molecular weight excluding hydrogens is 221 g/mol. The van der Waals surface area contributed by atoms with E-state index in [-0.39, 0.29) is 5.82 Å². The van der Waals surface area contributed by atoms with Gasteiger partial charge in [0.05, 0.1) is 17.6 Å². The van der Waals surface area contributed by atoms with Crippen LogP contribution in [0.2, 0.25) is 0 Å². The standard InChI is InChI=1S/C11H12FN5/c12-8-1-2-9(16-7-8)10-3-5-14-11(17-10)15-6-4-13/h1-3,5,7H,4,6,13H2,(H,14,15,17). The quantitative estimate of drug-likeness (QED) is 0.825. The predicted octanol–water partition coefficient (Wildman–Crippen LogP) is 1.05. The molecule has 6 heteroatoms. The van der Waals surface area contributed by atoms with Crippen LogP contribution in [0.3, 0.4) is 0 Å². The highest BCUT2D eigenvalue weighted by Crippen LogP contribution is 2.14. The number of aromatic nitrogens is 3. The molecule has 0 radical (unpaired) electrons. The van der Waals surface area contributed by atoms with Gasteiger partial charge in [0.2, 0.25) is 5.95 Å². The van der Waals surface area contributed by atoms with Crippen LogP contribution in [0.25, 0.3) is 11.4 Å². The van der Waals surface area contributed by atoms with Crippen LogP contribution in [-0.2, 0) is 0 Å². The summed E-state index contributed by atoms with van der Waals surface area (Å²) in [6.45, 7) is 1.10. The maximum absolute atomic E-state index is 12.7. The van der Waals surface area contributed by atoms with E-state index in [4.69, 9.17) is 5.73 Å². The Morgan fingerprint density at radius 1 is 1.18 bits per heavy atom. The molecule has 88 valence electrons. The van der Waals surface area contributed by atoms with Crippen molar-refractivity contribution in [1.82, 2.24) is 15.0 Å². The number of rotatable bonds is 4. The molecule has 0 fully saturated rings. The van der Waals surface area contributed by atoms with Gasteiger partial charge in [0.15, 0.2) is 0 Å². The van der Waals surface area contributed by atoms with Crippen LogP contribution in [0, 0.1) is 5.82 Å². The first-order valence-electron chi connectivity index (χ1n) is 5.18. The molecule has 3 N–H and O–H groups in total. The van der Waals surface area contributed by atoms with E-state index < -0.39 is 0 Å². The first-order valence-corrected chi connectivity index (χ1v) is 5.18. The van der Waals surface area contributed by atoms with Gasteiger partial charge in [-0.3, -0.25) is 4.98 Å². The summed E-state index contributed by atoms with van der Waals surface area (Å²) in [6, 6.07) is 4.63. The molecule has 0 spiro atoms. The van der Waals surface area contributed by atoms with Gasteiger partial charge in [-0.05, 0) is 18.2 Å². The van der Waals surface area contributed by atoms with Crippen molar-refractivity contribution >= 4 is 5.95 Å². The Kier molecular flexibility index (Phi) is 3.56. The first-order chi connectivity index (χ1) is 8.29. The minimum absolute atomic E-state index is 0.371. The lowest BCUT2D eigenvalue weighted by Crippen LogP contribution is -2.14. The number of hydrogen-bond acceptors (Lipinski definition) is 5. The Morgan fingerprint density at radius 2 is 2.06 bits per heavy atom. The number of nitrogens with one attached hydrogen (secondary N) is 1. The number of hydrogen-bond donors (Lipinski definition) is 2. The molecule has 2 heterocycles. The lowest BCUT2D eigenvalue weighted by atomic mass is 10.2. The molecule has 0 amide bonds. The van der Waals surface area contributed by atoms with Crippen molar-refractivity contribution in [3.63, 3.8) is 0 Å². The first kappa shape index (κ1) is 11.4. The van der Waals surface area contributed by atoms with E-state index in [0.717, 1.165) is 6.20 Å². The van der Waals surface area contributed by atoms with E-state index in [1.165, 1.54) is 6.07 Å². The van der Waals surface area contributed by atoms with Crippen molar-refractivity contribution in [2.75, 3.05) is 18.4 Å². The normalized spacial score (nSPS) is 10.2. The number of nitrogens with two attached hydrogens (primary N) is 1. The van der Waals surface area contributed by atoms with Gasteiger partial charge in [0.1, 0.15) is 5.82 Å². The fraction of sp³-hybridized carbons (Fsp3) is 0.182. The van der Waals surface area contributed by atoms with Crippen LogP contribution in [0.4, 0.5) is 10.3 Å². The van der Waals surface area contributed by atoms with E-state index in [1.807, 2.05) is 0 Å². The summed E-state index contributed by atoms with van der Waals surface area (Å²) in [6.07, 6.45) is 2.77. The molecular formula is C11H12FN5. The van der Waals surface area contributed by atoms with Gasteiger partial charge >= 0.3 is 0 Å². The van der Waals surface area contributed by atoms with Crippen molar-refractivity contribution < 1.29 is 4.39 Å². The Hall–Kier alpha value is -2.08. The van der Waals surface area contributed by atoms with Gasteiger partial charge in [-0.1, -0.05) is 0 Å². The van der Waals surface area contributed by atoms with E-state index in [0.29, 0.717) is 30.4 Å². The van der Waals surface area contributed by atoms with E-state index in [2.05, 4.69) is 20.3 Å². The third-order valence-electron chi connectivity index (χ3n) is 2.07. The van der Waals surface area contributed by atoms with Gasteiger partial charge in [-0.15, -0.1) is 0 Å². The van der Waals surface area contributed by atoms with Gasteiger partial charge < -0.3 is 11.1 Å². The third-order valence-corrected chi connectivity index (χ3v) is 2.07. The average molecular weight is 233 g/mol. The Balaban J connectivity index is 2.23. The molecule has 2 aromatic heterocycles. The van der Waals surface area contributed by atoms with Crippen LogP contribution >= 0.6 is 0 Å². The molecule has 0 aliphatic carbocycles. The lowest BCUT2D eigenvalue weighted by molar-refractivity contribution is 0.622. The van der Waals surface area contributed by atoms with E-state index in [9.17, 15) is 4.39 Å². The second-order valence-corrected chi connectivity index (χ2v) is 3.34. The van der Waals surface area contributed by atoms with Crippen molar-refractivity contribution in [2.45, 2.75) is 0 Å². The molecule has 0 unspecified atom stereocenters. The number of nitrogens with zero attached hydrogens (tertiary/aromatic N) is 3. The fourth-order valence-corrected chi connectivity index (χ4v) is 1.30. The highest BCUT2D eigenvalue weighted by molar-refractivity contribution is 5.54. The summed E-state index contributed by atoms with van der Waals surface area (Å²) >= 11 is 0. The number of pyridine rings is 1. The minimum Gasteiger partial charge on any atom is -0.353 e. The SMILES string of the molecule is NCCNc1nccc(-c2ccc(F)cn2)n1. The maximum Gasteiger partial charge on any atom is 0.223 e. The predicted molar refractivity (Wildman–Crippen MR) is 62.8 cm³/mol. The summed E-state index contributed by atoms with van der Waals surface area (Å²) in [4.78, 5) is 12.2. The van der Waals surface area contributed by atoms with E-state index >= 15 is 0 Å². The van der Waals surface area contributed by atoms with Crippen LogP contribution in [0.15, 0.2) is 30.6 Å². The molecule has 0 saturated carbocycles. The molecule has 2 rings (SSSR count). The van der Waals surface area contributed by atoms with Gasteiger partial charge in [-0.2, -0.15) is 0 Å². The van der Waals surface area contributed by atoms with Gasteiger partial charge in [0, 0.05) is 19.3 Å². The lowest BCUT2D eigenvalue weighted by Gasteiger charge is -2.04. The van der Waals surface area contributed by atoms with E-state index in [1.54, 1.807) is 18.3 Å². The van der Waals surface area contributed by atoms with Crippen LogP contribution in [0.1, 0.15) is 0 Å². The molecule has 2 aromatic rings. The minimum atomic E-state index is -0.371. The smallest absolute Gasteiger partial charge is 0.223 e. The zero-order valence-corrected chi connectivity index (χ0v) is 9.10. The van der Waals surface area contributed by atoms with Crippen LogP contribution < -0.4 is 11.1 Å². The number of anilines is 1. The van der Waals surface area contributed by atoms with Crippen molar-refractivity contribution in [3.8, 4) is 11.4 Å². The molecule has 0 aliphatic rings. The average Bonchev–Trinajstić information content (AvgIpc) is 2.37. The molecule has 0 saturated heterocycles. The molecule has 17 heavy (non-hydrogen) atoms. The second kappa shape index (κ2) is 5.31. The summed E-state index contributed by atoms with van der Waals surface area (Å²) in [5.41, 5.74) is 6.61. The Morgan fingerprint density at radius 3 is 2.76 bits per heavy atom. The highest BCUT2D eigenvalue weighted by atomic mass is 19.1. The Labute approximate surface area is 97.9 Å². The third kappa shape index (κ3) is 2.94. The monoisotopic (exact) mass is 233 g/mol. The zero-order chi connectivity index (χ0) is 12.1. The highest BCUT2D eigenvalue weighted by Gasteiger charge is 2.03. The molecule has 0 atom stereocenters. The summed E-state index contributed by atoms with van der Waals surface area (Å²) in [5, 5.41) is 2.97. The molecule has 0 aromatic carbocycles.